The molecule has 1 fully saturated rings. The van der Waals surface area contributed by atoms with Crippen molar-refractivity contribution in [3.63, 3.8) is 0 Å². The lowest BCUT2D eigenvalue weighted by Crippen LogP contribution is -2.45. The molecule has 5 nitrogen and oxygen atoms in total. The molecule has 1 heterocycles. The molecule has 0 aromatic heterocycles. The van der Waals surface area contributed by atoms with E-state index in [-0.39, 0.29) is 11.7 Å². The number of hydrogen-bond acceptors (Lipinski definition) is 4. The monoisotopic (exact) mass is 281 g/mol. The van der Waals surface area contributed by atoms with E-state index < -0.39 is 5.54 Å². The molecule has 2 rings (SSSR count). The average molecular weight is 281 g/mol. The van der Waals surface area contributed by atoms with Gasteiger partial charge < -0.3 is 20.7 Å². The fourth-order valence-corrected chi connectivity index (χ4v) is 1.94. The van der Waals surface area contributed by atoms with Crippen LogP contribution in [0.3, 0.4) is 0 Å². The minimum Gasteiger partial charge on any atom is -0.378 e. The molecule has 1 aliphatic heterocycles. The first kappa shape index (κ1) is 14.7. The molecule has 0 spiro atoms. The lowest BCUT2D eigenvalue weighted by Gasteiger charge is -2.29. The van der Waals surface area contributed by atoms with E-state index in [0.29, 0.717) is 32.0 Å². The number of rotatable bonds is 3. The first-order valence-electron chi connectivity index (χ1n) is 6.60. The Morgan fingerprint density at radius 1 is 1.35 bits per heavy atom. The highest BCUT2D eigenvalue weighted by molar-refractivity contribution is 5.97. The number of carbonyl (C=O) groups is 1. The van der Waals surface area contributed by atoms with Gasteiger partial charge in [0.15, 0.2) is 0 Å². The first-order valence-corrected chi connectivity index (χ1v) is 6.60. The summed E-state index contributed by atoms with van der Waals surface area (Å²) in [6, 6.07) is 4.49. The van der Waals surface area contributed by atoms with Gasteiger partial charge in [0.1, 0.15) is 5.82 Å². The Bertz CT molecular complexity index is 494. The van der Waals surface area contributed by atoms with Gasteiger partial charge in [0, 0.05) is 24.5 Å². The number of nitrogens with zero attached hydrogens (tertiary/aromatic N) is 1. The zero-order chi connectivity index (χ0) is 14.8. The Morgan fingerprint density at radius 2 is 2.00 bits per heavy atom. The van der Waals surface area contributed by atoms with Crippen molar-refractivity contribution >= 4 is 17.3 Å². The van der Waals surface area contributed by atoms with Gasteiger partial charge in [-0.2, -0.15) is 0 Å². The van der Waals surface area contributed by atoms with Crippen molar-refractivity contribution in [2.75, 3.05) is 36.5 Å². The second-order valence-electron chi connectivity index (χ2n) is 5.47. The number of carbonyl (C=O) groups excluding carboxylic acids is 1. The zero-order valence-electron chi connectivity index (χ0n) is 11.8. The fourth-order valence-electron chi connectivity index (χ4n) is 1.94. The summed E-state index contributed by atoms with van der Waals surface area (Å²) < 4.78 is 19.0. The molecule has 1 aliphatic rings. The van der Waals surface area contributed by atoms with Gasteiger partial charge in [0.05, 0.1) is 18.8 Å². The Morgan fingerprint density at radius 3 is 2.60 bits per heavy atom. The van der Waals surface area contributed by atoms with E-state index in [2.05, 4.69) is 5.32 Å². The van der Waals surface area contributed by atoms with Crippen LogP contribution in [-0.2, 0) is 9.53 Å². The summed E-state index contributed by atoms with van der Waals surface area (Å²) >= 11 is 0. The number of nitrogens with two attached hydrogens (primary N) is 1. The molecule has 0 radical (unpaired) electrons. The molecule has 1 saturated heterocycles. The van der Waals surface area contributed by atoms with Gasteiger partial charge in [-0.1, -0.05) is 0 Å². The van der Waals surface area contributed by atoms with Crippen molar-refractivity contribution in [1.82, 2.24) is 0 Å². The summed E-state index contributed by atoms with van der Waals surface area (Å²) in [7, 11) is 0. The van der Waals surface area contributed by atoms with Crippen molar-refractivity contribution in [3.05, 3.63) is 24.0 Å². The van der Waals surface area contributed by atoms with Crippen LogP contribution in [0, 0.1) is 5.82 Å². The average Bonchev–Trinajstić information content (AvgIpc) is 2.38. The van der Waals surface area contributed by atoms with Gasteiger partial charge in [-0.3, -0.25) is 4.79 Å². The lowest BCUT2D eigenvalue weighted by atomic mass is 10.1. The highest BCUT2D eigenvalue weighted by Crippen LogP contribution is 2.23. The van der Waals surface area contributed by atoms with Crippen molar-refractivity contribution in [2.45, 2.75) is 19.4 Å². The SMILES string of the molecule is CC(C)(N)C(=O)Nc1cc(F)cc(N2CCOCC2)c1. The van der Waals surface area contributed by atoms with Crippen LogP contribution in [0.25, 0.3) is 0 Å². The Labute approximate surface area is 117 Å². The van der Waals surface area contributed by atoms with Crippen LogP contribution in [0.1, 0.15) is 13.8 Å². The van der Waals surface area contributed by atoms with Crippen LogP contribution >= 0.6 is 0 Å². The number of morpholine rings is 1. The molecule has 6 heteroatoms. The smallest absolute Gasteiger partial charge is 0.243 e. The second kappa shape index (κ2) is 5.76. The molecule has 1 aromatic rings. The maximum Gasteiger partial charge on any atom is 0.243 e. The lowest BCUT2D eigenvalue weighted by molar-refractivity contribution is -0.120. The molecule has 20 heavy (non-hydrogen) atoms. The number of hydrogen-bond donors (Lipinski definition) is 2. The van der Waals surface area contributed by atoms with Gasteiger partial charge in [0.25, 0.3) is 0 Å². The normalized spacial score (nSPS) is 16.1. The van der Waals surface area contributed by atoms with E-state index in [0.717, 1.165) is 5.69 Å². The van der Waals surface area contributed by atoms with Gasteiger partial charge in [-0.05, 0) is 32.0 Å². The van der Waals surface area contributed by atoms with Crippen LogP contribution in [-0.4, -0.2) is 37.7 Å². The zero-order valence-corrected chi connectivity index (χ0v) is 11.8. The fraction of sp³-hybridized carbons (Fsp3) is 0.500. The predicted molar refractivity (Wildman–Crippen MR) is 76.3 cm³/mol. The third kappa shape index (κ3) is 3.68. The van der Waals surface area contributed by atoms with Crippen LogP contribution in [0.4, 0.5) is 15.8 Å². The number of nitrogens with one attached hydrogen (secondary N) is 1. The molecule has 0 bridgehead atoms. The van der Waals surface area contributed by atoms with Gasteiger partial charge in [0.2, 0.25) is 5.91 Å². The van der Waals surface area contributed by atoms with Crippen LogP contribution in [0.5, 0.6) is 0 Å². The standard InChI is InChI=1S/C14H20FN3O2/c1-14(2,16)13(19)17-11-7-10(15)8-12(9-11)18-3-5-20-6-4-18/h7-9H,3-6,16H2,1-2H3,(H,17,19). The molecule has 1 aromatic carbocycles. The molecule has 0 aliphatic carbocycles. The Hall–Kier alpha value is -1.66. The summed E-state index contributed by atoms with van der Waals surface area (Å²) in [6.45, 7) is 5.86. The second-order valence-corrected chi connectivity index (χ2v) is 5.47. The van der Waals surface area contributed by atoms with E-state index in [9.17, 15) is 9.18 Å². The number of benzene rings is 1. The summed E-state index contributed by atoms with van der Waals surface area (Å²) in [5, 5.41) is 2.64. The van der Waals surface area contributed by atoms with Gasteiger partial charge >= 0.3 is 0 Å². The Kier molecular flexibility index (Phi) is 4.25. The minimum atomic E-state index is -1.01. The van der Waals surface area contributed by atoms with Crippen molar-refractivity contribution in [3.8, 4) is 0 Å². The van der Waals surface area contributed by atoms with Crippen molar-refractivity contribution in [1.29, 1.82) is 0 Å². The van der Waals surface area contributed by atoms with Gasteiger partial charge in [-0.25, -0.2) is 4.39 Å². The molecular formula is C14H20FN3O2. The van der Waals surface area contributed by atoms with Crippen molar-refractivity contribution < 1.29 is 13.9 Å². The molecule has 3 N–H and O–H groups in total. The van der Waals surface area contributed by atoms with E-state index in [1.807, 2.05) is 4.90 Å². The molecular weight excluding hydrogens is 261 g/mol. The summed E-state index contributed by atoms with van der Waals surface area (Å²) in [6.07, 6.45) is 0. The van der Waals surface area contributed by atoms with E-state index in [1.165, 1.54) is 12.1 Å². The van der Waals surface area contributed by atoms with E-state index in [1.54, 1.807) is 19.9 Å². The summed E-state index contributed by atoms with van der Waals surface area (Å²) in [4.78, 5) is 13.9. The van der Waals surface area contributed by atoms with E-state index >= 15 is 0 Å². The maximum atomic E-state index is 13.7. The van der Waals surface area contributed by atoms with Crippen molar-refractivity contribution in [2.24, 2.45) is 5.73 Å². The van der Waals surface area contributed by atoms with E-state index in [4.69, 9.17) is 10.5 Å². The predicted octanol–water partition coefficient (Wildman–Crippen LogP) is 1.34. The summed E-state index contributed by atoms with van der Waals surface area (Å²) in [5.41, 5.74) is 5.85. The third-order valence-electron chi connectivity index (χ3n) is 3.10. The van der Waals surface area contributed by atoms with Crippen LogP contribution in [0.15, 0.2) is 18.2 Å². The molecule has 0 saturated carbocycles. The molecule has 0 unspecified atom stereocenters. The quantitative estimate of drug-likeness (QED) is 0.877. The minimum absolute atomic E-state index is 0.351. The Balaban J connectivity index is 2.18. The first-order chi connectivity index (χ1) is 9.36. The highest BCUT2D eigenvalue weighted by Gasteiger charge is 2.22. The highest BCUT2D eigenvalue weighted by atomic mass is 19.1. The number of anilines is 2. The largest absolute Gasteiger partial charge is 0.378 e. The van der Waals surface area contributed by atoms with Crippen LogP contribution in [0.2, 0.25) is 0 Å². The van der Waals surface area contributed by atoms with Gasteiger partial charge in [-0.15, -0.1) is 0 Å². The maximum absolute atomic E-state index is 13.7. The number of halogens is 1. The molecule has 1 amide bonds. The molecule has 110 valence electrons. The molecule has 0 atom stereocenters. The third-order valence-corrected chi connectivity index (χ3v) is 3.10. The van der Waals surface area contributed by atoms with Crippen LogP contribution < -0.4 is 16.0 Å². The summed E-state index contributed by atoms with van der Waals surface area (Å²) in [5.74, 6) is -0.741. The number of ether oxygens (including phenoxy) is 1. The number of amides is 1. The topological polar surface area (TPSA) is 67.6 Å².